The van der Waals surface area contributed by atoms with Crippen LogP contribution in [0.1, 0.15) is 69.8 Å². The molecule has 1 atom stereocenters. The molecule has 0 spiro atoms. The van der Waals surface area contributed by atoms with Crippen molar-refractivity contribution in [3.8, 4) is 5.69 Å². The Labute approximate surface area is 144 Å². The van der Waals surface area contributed by atoms with Gasteiger partial charge in [0, 0.05) is 12.4 Å². The van der Waals surface area contributed by atoms with Crippen LogP contribution in [0, 0.1) is 0 Å². The van der Waals surface area contributed by atoms with E-state index in [0.717, 1.165) is 24.1 Å². The van der Waals surface area contributed by atoms with Crippen molar-refractivity contribution in [2.45, 2.75) is 64.2 Å². The minimum absolute atomic E-state index is 0.459. The van der Waals surface area contributed by atoms with E-state index in [4.69, 9.17) is 0 Å². The summed E-state index contributed by atoms with van der Waals surface area (Å²) in [4.78, 5) is 15.9. The minimum atomic E-state index is -0.742. The van der Waals surface area contributed by atoms with Gasteiger partial charge in [-0.1, -0.05) is 70.1 Å². The van der Waals surface area contributed by atoms with Gasteiger partial charge in [0.25, 0.3) is 0 Å². The predicted octanol–water partition coefficient (Wildman–Crippen LogP) is 5.18. The quantitative estimate of drug-likeness (QED) is 0.578. The molecule has 130 valence electrons. The number of nitrogens with zero attached hydrogens (tertiary/aromatic N) is 2. The highest BCUT2D eigenvalue weighted by Gasteiger charge is 2.22. The van der Waals surface area contributed by atoms with Crippen LogP contribution in [0.5, 0.6) is 0 Å². The topological polar surface area (TPSA) is 55.1 Å². The van der Waals surface area contributed by atoms with Gasteiger partial charge < -0.3 is 9.67 Å². The van der Waals surface area contributed by atoms with Gasteiger partial charge in [-0.3, -0.25) is 4.79 Å². The number of rotatable bonds is 11. The summed E-state index contributed by atoms with van der Waals surface area (Å²) in [5.41, 5.74) is 1.78. The molecule has 0 amide bonds. The van der Waals surface area contributed by atoms with Gasteiger partial charge in [0.15, 0.2) is 0 Å². The first-order chi connectivity index (χ1) is 11.7. The SMILES string of the molecule is CCCCCCCCCC(C(=O)O)c1ccccc1-n1ccnc1. The molecule has 0 aliphatic carbocycles. The minimum Gasteiger partial charge on any atom is -0.481 e. The van der Waals surface area contributed by atoms with Crippen molar-refractivity contribution in [3.05, 3.63) is 48.5 Å². The van der Waals surface area contributed by atoms with Crippen molar-refractivity contribution in [2.24, 2.45) is 0 Å². The van der Waals surface area contributed by atoms with E-state index in [1.807, 2.05) is 35.0 Å². The van der Waals surface area contributed by atoms with Crippen LogP contribution >= 0.6 is 0 Å². The van der Waals surface area contributed by atoms with E-state index in [1.54, 1.807) is 12.5 Å². The molecule has 2 aromatic rings. The fourth-order valence-corrected chi connectivity index (χ4v) is 3.14. The summed E-state index contributed by atoms with van der Waals surface area (Å²) in [6.45, 7) is 2.22. The number of imidazole rings is 1. The molecule has 4 heteroatoms. The smallest absolute Gasteiger partial charge is 0.311 e. The summed E-state index contributed by atoms with van der Waals surface area (Å²) in [6.07, 6.45) is 14.4. The lowest BCUT2D eigenvalue weighted by Gasteiger charge is -2.17. The van der Waals surface area contributed by atoms with Crippen molar-refractivity contribution in [1.29, 1.82) is 0 Å². The summed E-state index contributed by atoms with van der Waals surface area (Å²) >= 11 is 0. The van der Waals surface area contributed by atoms with E-state index < -0.39 is 11.9 Å². The van der Waals surface area contributed by atoms with Crippen LogP contribution in [0.4, 0.5) is 0 Å². The average molecular weight is 328 g/mol. The molecule has 1 unspecified atom stereocenters. The Bertz CT molecular complexity index is 608. The first-order valence-electron chi connectivity index (χ1n) is 9.04. The highest BCUT2D eigenvalue weighted by molar-refractivity contribution is 5.77. The molecule has 24 heavy (non-hydrogen) atoms. The molecule has 1 heterocycles. The number of carboxylic acid groups (broad SMARTS) is 1. The van der Waals surface area contributed by atoms with E-state index in [0.29, 0.717) is 6.42 Å². The van der Waals surface area contributed by atoms with Crippen molar-refractivity contribution < 1.29 is 9.90 Å². The van der Waals surface area contributed by atoms with Crippen LogP contribution in [0.3, 0.4) is 0 Å². The highest BCUT2D eigenvalue weighted by atomic mass is 16.4. The number of benzene rings is 1. The third-order valence-corrected chi connectivity index (χ3v) is 4.49. The molecular formula is C20H28N2O2. The maximum Gasteiger partial charge on any atom is 0.311 e. The van der Waals surface area contributed by atoms with Crippen LogP contribution in [-0.2, 0) is 4.79 Å². The molecule has 1 aromatic heterocycles. The Morgan fingerprint density at radius 2 is 1.83 bits per heavy atom. The number of aliphatic carboxylic acids is 1. The van der Waals surface area contributed by atoms with Crippen molar-refractivity contribution in [3.63, 3.8) is 0 Å². The normalized spacial score (nSPS) is 12.2. The first-order valence-corrected chi connectivity index (χ1v) is 9.04. The van der Waals surface area contributed by atoms with Gasteiger partial charge in [-0.05, 0) is 18.1 Å². The number of carboxylic acids is 1. The second kappa shape index (κ2) is 9.91. The van der Waals surface area contributed by atoms with E-state index in [-0.39, 0.29) is 0 Å². The Hall–Kier alpha value is -2.10. The summed E-state index contributed by atoms with van der Waals surface area (Å²) in [7, 11) is 0. The number of aromatic nitrogens is 2. The maximum atomic E-state index is 11.8. The van der Waals surface area contributed by atoms with Crippen LogP contribution in [-0.4, -0.2) is 20.6 Å². The van der Waals surface area contributed by atoms with Crippen molar-refractivity contribution >= 4 is 5.97 Å². The molecule has 0 aliphatic heterocycles. The van der Waals surface area contributed by atoms with Crippen LogP contribution in [0.15, 0.2) is 43.0 Å². The van der Waals surface area contributed by atoms with Crippen LogP contribution in [0.25, 0.3) is 5.69 Å². The Kier molecular flexibility index (Phi) is 7.53. The number of para-hydroxylation sites is 1. The van der Waals surface area contributed by atoms with Gasteiger partial charge in [-0.2, -0.15) is 0 Å². The zero-order valence-electron chi connectivity index (χ0n) is 14.5. The van der Waals surface area contributed by atoms with Crippen molar-refractivity contribution in [2.75, 3.05) is 0 Å². The zero-order chi connectivity index (χ0) is 17.2. The first kappa shape index (κ1) is 18.2. The van der Waals surface area contributed by atoms with Crippen LogP contribution < -0.4 is 0 Å². The largest absolute Gasteiger partial charge is 0.481 e. The molecular weight excluding hydrogens is 300 g/mol. The van der Waals surface area contributed by atoms with Crippen molar-refractivity contribution in [1.82, 2.24) is 9.55 Å². The Balaban J connectivity index is 1.97. The molecule has 0 bridgehead atoms. The fourth-order valence-electron chi connectivity index (χ4n) is 3.14. The maximum absolute atomic E-state index is 11.8. The monoisotopic (exact) mass is 328 g/mol. The molecule has 2 rings (SSSR count). The van der Waals surface area contributed by atoms with Gasteiger partial charge in [0.05, 0.1) is 17.9 Å². The van der Waals surface area contributed by atoms with E-state index in [9.17, 15) is 9.90 Å². The number of carbonyl (C=O) groups is 1. The number of hydrogen-bond donors (Lipinski definition) is 1. The third-order valence-electron chi connectivity index (χ3n) is 4.49. The summed E-state index contributed by atoms with van der Waals surface area (Å²) < 4.78 is 1.88. The van der Waals surface area contributed by atoms with Gasteiger partial charge in [0.1, 0.15) is 0 Å². The molecule has 0 radical (unpaired) electrons. The van der Waals surface area contributed by atoms with Gasteiger partial charge in [0.2, 0.25) is 0 Å². The van der Waals surface area contributed by atoms with Crippen LogP contribution in [0.2, 0.25) is 0 Å². The standard InChI is InChI=1S/C20H28N2O2/c1-2-3-4-5-6-7-8-12-18(20(23)24)17-11-9-10-13-19(17)22-15-14-21-16-22/h9-11,13-16,18H,2-8,12H2,1H3,(H,23,24). The molecule has 0 aliphatic rings. The lowest BCUT2D eigenvalue weighted by molar-refractivity contribution is -0.139. The lowest BCUT2D eigenvalue weighted by atomic mass is 9.91. The molecule has 1 N–H and O–H groups in total. The predicted molar refractivity (Wildman–Crippen MR) is 96.6 cm³/mol. The zero-order valence-corrected chi connectivity index (χ0v) is 14.5. The summed E-state index contributed by atoms with van der Waals surface area (Å²) in [6, 6.07) is 7.73. The summed E-state index contributed by atoms with van der Waals surface area (Å²) in [5, 5.41) is 9.70. The fraction of sp³-hybridized carbons (Fsp3) is 0.500. The average Bonchev–Trinajstić information content (AvgIpc) is 3.11. The Morgan fingerprint density at radius 1 is 1.12 bits per heavy atom. The van der Waals surface area contributed by atoms with E-state index >= 15 is 0 Å². The Morgan fingerprint density at radius 3 is 2.50 bits per heavy atom. The molecule has 4 nitrogen and oxygen atoms in total. The summed E-state index contributed by atoms with van der Waals surface area (Å²) in [5.74, 6) is -1.20. The van der Waals surface area contributed by atoms with E-state index in [1.165, 1.54) is 32.1 Å². The van der Waals surface area contributed by atoms with Gasteiger partial charge in [-0.25, -0.2) is 4.98 Å². The molecule has 0 saturated heterocycles. The second-order valence-electron chi connectivity index (χ2n) is 6.33. The number of unbranched alkanes of at least 4 members (excludes halogenated alkanes) is 6. The number of hydrogen-bond acceptors (Lipinski definition) is 2. The second-order valence-corrected chi connectivity index (χ2v) is 6.33. The lowest BCUT2D eigenvalue weighted by Crippen LogP contribution is -2.14. The molecule has 0 saturated carbocycles. The van der Waals surface area contributed by atoms with E-state index in [2.05, 4.69) is 11.9 Å². The molecule has 0 fully saturated rings. The highest BCUT2D eigenvalue weighted by Crippen LogP contribution is 2.28. The third kappa shape index (κ3) is 5.22. The molecule has 1 aromatic carbocycles. The van der Waals surface area contributed by atoms with Gasteiger partial charge in [-0.15, -0.1) is 0 Å². The van der Waals surface area contributed by atoms with Gasteiger partial charge >= 0.3 is 5.97 Å².